The molecule has 29 heavy (non-hydrogen) atoms. The molecule has 0 saturated heterocycles. The highest BCUT2D eigenvalue weighted by molar-refractivity contribution is 7.12. The zero-order valence-electron chi connectivity index (χ0n) is 15.2. The molecule has 0 bridgehead atoms. The van der Waals surface area contributed by atoms with E-state index in [1.54, 1.807) is 4.68 Å². The first-order valence-corrected chi connectivity index (χ1v) is 10.1. The van der Waals surface area contributed by atoms with Crippen molar-refractivity contribution in [3.63, 3.8) is 0 Å². The number of carbonyl (C=O) groups excluding carboxylic acids is 1. The van der Waals surface area contributed by atoms with E-state index in [2.05, 4.69) is 10.3 Å². The summed E-state index contributed by atoms with van der Waals surface area (Å²) in [5, 5.41) is 19.7. The van der Waals surface area contributed by atoms with Gasteiger partial charge in [0.25, 0.3) is 0 Å². The topological polar surface area (TPSA) is 97.1 Å². The Morgan fingerprint density at radius 3 is 2.62 bits per heavy atom. The van der Waals surface area contributed by atoms with Crippen molar-refractivity contribution >= 4 is 39.8 Å². The molecular weight excluding hydrogens is 388 g/mol. The number of nitrogens with one attached hydrogen (secondary N) is 1. The van der Waals surface area contributed by atoms with E-state index >= 15 is 0 Å². The number of fused-ring (bicyclic) bond motifs is 1. The summed E-state index contributed by atoms with van der Waals surface area (Å²) in [6.07, 6.45) is 1.86. The van der Waals surface area contributed by atoms with Crippen LogP contribution in [0.15, 0.2) is 53.9 Å². The van der Waals surface area contributed by atoms with Gasteiger partial charge in [0.2, 0.25) is 11.0 Å². The average molecular weight is 404 g/mol. The molecule has 2 aromatic heterocycles. The molecule has 144 valence electrons. The second-order valence-electron chi connectivity index (χ2n) is 6.94. The molecule has 2 aromatic carbocycles. The molecule has 7 nitrogen and oxygen atoms in total. The lowest BCUT2D eigenvalue weighted by Gasteiger charge is -2.05. The fourth-order valence-corrected chi connectivity index (χ4v) is 3.96. The summed E-state index contributed by atoms with van der Waals surface area (Å²) in [7, 11) is 0. The Balaban J connectivity index is 1.66. The van der Waals surface area contributed by atoms with Crippen molar-refractivity contribution in [2.24, 2.45) is 5.92 Å². The summed E-state index contributed by atoms with van der Waals surface area (Å²) in [6, 6.07) is 15.4. The van der Waals surface area contributed by atoms with E-state index in [1.165, 1.54) is 16.7 Å². The van der Waals surface area contributed by atoms with Gasteiger partial charge in [0, 0.05) is 27.9 Å². The van der Waals surface area contributed by atoms with Crippen LogP contribution in [0.25, 0.3) is 27.3 Å². The number of nitrogens with zero attached hydrogens (tertiary/aromatic N) is 3. The molecule has 0 radical (unpaired) electrons. The molecule has 1 amide bonds. The highest BCUT2D eigenvalue weighted by Crippen LogP contribution is 2.34. The Morgan fingerprint density at radius 1 is 1.14 bits per heavy atom. The molecule has 5 rings (SSSR count). The van der Waals surface area contributed by atoms with Crippen molar-refractivity contribution in [2.75, 3.05) is 5.32 Å². The third-order valence-corrected chi connectivity index (χ3v) is 5.65. The zero-order valence-corrected chi connectivity index (χ0v) is 16.0. The smallest absolute Gasteiger partial charge is 0.355 e. The molecule has 1 aliphatic carbocycles. The molecule has 0 spiro atoms. The van der Waals surface area contributed by atoms with Crippen LogP contribution in [-0.2, 0) is 4.79 Å². The van der Waals surface area contributed by atoms with E-state index in [0.717, 1.165) is 35.0 Å². The number of carboxylic acid groups (broad SMARTS) is 1. The molecule has 8 heteroatoms. The van der Waals surface area contributed by atoms with Crippen LogP contribution in [0, 0.1) is 5.92 Å². The number of hydrogen-bond donors (Lipinski definition) is 2. The number of benzene rings is 2. The number of carbonyl (C=O) groups is 2. The molecule has 1 fully saturated rings. The normalized spacial score (nSPS) is 13.5. The van der Waals surface area contributed by atoms with Crippen molar-refractivity contribution < 1.29 is 14.7 Å². The van der Waals surface area contributed by atoms with Gasteiger partial charge in [-0.2, -0.15) is 5.10 Å². The summed E-state index contributed by atoms with van der Waals surface area (Å²) in [5.74, 6) is -0.946. The summed E-state index contributed by atoms with van der Waals surface area (Å²) < 4.78 is 1.64. The van der Waals surface area contributed by atoms with E-state index in [4.69, 9.17) is 5.10 Å². The van der Waals surface area contributed by atoms with E-state index < -0.39 is 5.97 Å². The third kappa shape index (κ3) is 3.27. The lowest BCUT2D eigenvalue weighted by atomic mass is 10.1. The number of aromatic nitrogens is 3. The Kier molecular flexibility index (Phi) is 4.13. The fourth-order valence-electron chi connectivity index (χ4n) is 3.20. The highest BCUT2D eigenvalue weighted by atomic mass is 32.1. The van der Waals surface area contributed by atoms with Crippen LogP contribution in [-0.4, -0.2) is 31.7 Å². The number of aromatic carboxylic acids is 1. The van der Waals surface area contributed by atoms with Crippen LogP contribution in [0.3, 0.4) is 0 Å². The minimum atomic E-state index is -1.08. The van der Waals surface area contributed by atoms with Crippen LogP contribution >= 0.6 is 11.3 Å². The highest BCUT2D eigenvalue weighted by Gasteiger charge is 2.29. The number of amides is 1. The predicted molar refractivity (Wildman–Crippen MR) is 110 cm³/mol. The van der Waals surface area contributed by atoms with Gasteiger partial charge in [-0.15, -0.1) is 11.3 Å². The minimum Gasteiger partial charge on any atom is -0.476 e. The first-order chi connectivity index (χ1) is 14.1. The van der Waals surface area contributed by atoms with Crippen LogP contribution < -0.4 is 5.32 Å². The third-order valence-electron chi connectivity index (χ3n) is 4.84. The van der Waals surface area contributed by atoms with Gasteiger partial charge in [0.1, 0.15) is 5.69 Å². The molecule has 0 unspecified atom stereocenters. The average Bonchev–Trinajstić information content (AvgIpc) is 3.35. The van der Waals surface area contributed by atoms with Crippen LogP contribution in [0.1, 0.15) is 23.3 Å². The lowest BCUT2D eigenvalue weighted by molar-refractivity contribution is -0.117. The van der Waals surface area contributed by atoms with Crippen molar-refractivity contribution in [3.8, 4) is 16.4 Å². The number of hydrogen-bond acceptors (Lipinski definition) is 5. The van der Waals surface area contributed by atoms with Crippen LogP contribution in [0.2, 0.25) is 0 Å². The Morgan fingerprint density at radius 2 is 1.93 bits per heavy atom. The summed E-state index contributed by atoms with van der Waals surface area (Å²) in [5.41, 5.74) is 3.13. The van der Waals surface area contributed by atoms with Gasteiger partial charge in [-0.05, 0) is 31.0 Å². The quantitative estimate of drug-likeness (QED) is 0.520. The predicted octanol–water partition coefficient (Wildman–Crippen LogP) is 4.20. The first kappa shape index (κ1) is 17.6. The maximum atomic E-state index is 12.2. The number of anilines is 1. The van der Waals surface area contributed by atoms with Gasteiger partial charge in [0.05, 0.1) is 5.52 Å². The van der Waals surface area contributed by atoms with Gasteiger partial charge in [0.15, 0.2) is 5.69 Å². The number of rotatable bonds is 5. The van der Waals surface area contributed by atoms with E-state index in [9.17, 15) is 14.7 Å². The van der Waals surface area contributed by atoms with Crippen LogP contribution in [0.5, 0.6) is 0 Å². The standard InChI is InChI=1S/C21H16N4O3S/c26-19(13-6-7-13)22-14-8-9-15-17(10-14)25(21-23-16(11-29-21)20(27)28)24-18(15)12-4-2-1-3-5-12/h1-5,8-11,13H,6-7H2,(H,22,26)(H,27,28). The Hall–Kier alpha value is -3.52. The van der Waals surface area contributed by atoms with Gasteiger partial charge in [-0.1, -0.05) is 30.3 Å². The summed E-state index contributed by atoms with van der Waals surface area (Å²) in [6.45, 7) is 0. The summed E-state index contributed by atoms with van der Waals surface area (Å²) >= 11 is 1.21. The summed E-state index contributed by atoms with van der Waals surface area (Å²) in [4.78, 5) is 27.6. The minimum absolute atomic E-state index is 0.0203. The molecular formula is C21H16N4O3S. The molecule has 1 saturated carbocycles. The maximum absolute atomic E-state index is 12.2. The van der Waals surface area contributed by atoms with Gasteiger partial charge < -0.3 is 10.4 Å². The van der Waals surface area contributed by atoms with Crippen molar-refractivity contribution in [1.29, 1.82) is 0 Å². The van der Waals surface area contributed by atoms with E-state index in [1.807, 2.05) is 48.5 Å². The van der Waals surface area contributed by atoms with Crippen molar-refractivity contribution in [3.05, 3.63) is 59.6 Å². The fraction of sp³-hybridized carbons (Fsp3) is 0.143. The molecule has 0 atom stereocenters. The van der Waals surface area contributed by atoms with Crippen molar-refractivity contribution in [2.45, 2.75) is 12.8 Å². The zero-order chi connectivity index (χ0) is 20.0. The van der Waals surface area contributed by atoms with Crippen molar-refractivity contribution in [1.82, 2.24) is 14.8 Å². The van der Waals surface area contributed by atoms with E-state index in [0.29, 0.717) is 10.8 Å². The molecule has 2 heterocycles. The molecule has 2 N–H and O–H groups in total. The first-order valence-electron chi connectivity index (χ1n) is 9.18. The second-order valence-corrected chi connectivity index (χ2v) is 7.78. The molecule has 1 aliphatic rings. The number of carboxylic acids is 1. The molecule has 0 aliphatic heterocycles. The monoisotopic (exact) mass is 404 g/mol. The van der Waals surface area contributed by atoms with E-state index in [-0.39, 0.29) is 17.5 Å². The Labute approximate surface area is 169 Å². The molecule has 4 aromatic rings. The largest absolute Gasteiger partial charge is 0.476 e. The number of thiazole rings is 1. The van der Waals surface area contributed by atoms with Crippen LogP contribution in [0.4, 0.5) is 5.69 Å². The Bertz CT molecular complexity index is 1240. The SMILES string of the molecule is O=C(O)c1csc(-n2nc(-c3ccccc3)c3ccc(NC(=O)C4CC4)cc32)n1. The van der Waals surface area contributed by atoms with Gasteiger partial charge in [-0.3, -0.25) is 4.79 Å². The van der Waals surface area contributed by atoms with Gasteiger partial charge in [-0.25, -0.2) is 14.5 Å². The second kappa shape index (κ2) is 6.82. The van der Waals surface area contributed by atoms with Gasteiger partial charge >= 0.3 is 5.97 Å². The maximum Gasteiger partial charge on any atom is 0.355 e. The lowest BCUT2D eigenvalue weighted by Crippen LogP contribution is -2.13.